The second kappa shape index (κ2) is 7.00. The minimum atomic E-state index is -0.890. The van der Waals surface area contributed by atoms with Crippen LogP contribution in [0.3, 0.4) is 0 Å². The number of aromatic carboxylic acids is 1. The Morgan fingerprint density at radius 2 is 2.16 bits per heavy atom. The number of terminal acetylenes is 1. The third-order valence-corrected chi connectivity index (χ3v) is 6.64. The summed E-state index contributed by atoms with van der Waals surface area (Å²) in [6, 6.07) is 7.66. The number of methoxy groups -OCH3 is 1. The molecule has 4 N–H and O–H groups in total. The minimum absolute atomic E-state index is 0.237. The molecule has 0 radical (unpaired) electrons. The SMILES string of the molecule is C#Cc1cc(-c2cc3c(cn2)CCc2c-3[nH]c(C3(CN)CC3)c2C(=O)O)ccc1OC. The van der Waals surface area contributed by atoms with Crippen molar-refractivity contribution in [3.63, 3.8) is 0 Å². The van der Waals surface area contributed by atoms with Crippen molar-refractivity contribution in [3.8, 4) is 40.6 Å². The van der Waals surface area contributed by atoms with Crippen LogP contribution in [0.15, 0.2) is 30.5 Å². The Balaban J connectivity index is 1.66. The third-order valence-electron chi connectivity index (χ3n) is 6.64. The highest BCUT2D eigenvalue weighted by Gasteiger charge is 2.48. The number of rotatable bonds is 5. The van der Waals surface area contributed by atoms with E-state index in [0.717, 1.165) is 58.6 Å². The fourth-order valence-corrected chi connectivity index (χ4v) is 4.67. The van der Waals surface area contributed by atoms with Crippen molar-refractivity contribution in [1.82, 2.24) is 9.97 Å². The van der Waals surface area contributed by atoms with E-state index in [9.17, 15) is 9.90 Å². The molecule has 2 heterocycles. The molecule has 0 bridgehead atoms. The second-order valence-electron chi connectivity index (χ2n) is 8.30. The predicted octanol–water partition coefficient (Wildman–Crippen LogP) is 3.52. The number of carboxylic acid groups (broad SMARTS) is 1. The molecule has 2 aliphatic rings. The summed E-state index contributed by atoms with van der Waals surface area (Å²) in [4.78, 5) is 20.3. The largest absolute Gasteiger partial charge is 0.495 e. The number of H-pyrrole nitrogens is 1. The van der Waals surface area contributed by atoms with E-state index in [1.54, 1.807) is 7.11 Å². The highest BCUT2D eigenvalue weighted by molar-refractivity contribution is 5.95. The topological polar surface area (TPSA) is 101 Å². The van der Waals surface area contributed by atoms with Crippen molar-refractivity contribution >= 4 is 5.97 Å². The average Bonchev–Trinajstić information content (AvgIpc) is 3.49. The van der Waals surface area contributed by atoms with Gasteiger partial charge in [-0.3, -0.25) is 4.98 Å². The smallest absolute Gasteiger partial charge is 0.337 e. The van der Waals surface area contributed by atoms with Crippen molar-refractivity contribution in [1.29, 1.82) is 0 Å². The Labute approximate surface area is 180 Å². The summed E-state index contributed by atoms with van der Waals surface area (Å²) >= 11 is 0. The van der Waals surface area contributed by atoms with E-state index in [1.165, 1.54) is 0 Å². The minimum Gasteiger partial charge on any atom is -0.495 e. The van der Waals surface area contributed by atoms with Gasteiger partial charge in [0, 0.05) is 35.0 Å². The number of carboxylic acids is 1. The van der Waals surface area contributed by atoms with Crippen LogP contribution in [-0.4, -0.2) is 34.7 Å². The van der Waals surface area contributed by atoms with Crippen LogP contribution in [0.1, 0.15) is 45.6 Å². The molecule has 0 unspecified atom stereocenters. The lowest BCUT2D eigenvalue weighted by atomic mass is 9.87. The van der Waals surface area contributed by atoms with E-state index in [-0.39, 0.29) is 5.41 Å². The van der Waals surface area contributed by atoms with Crippen molar-refractivity contribution in [2.45, 2.75) is 31.1 Å². The maximum absolute atomic E-state index is 12.2. The van der Waals surface area contributed by atoms with E-state index in [1.807, 2.05) is 30.5 Å². The molecule has 0 amide bonds. The van der Waals surface area contributed by atoms with E-state index in [4.69, 9.17) is 16.9 Å². The number of aromatic nitrogens is 2. The van der Waals surface area contributed by atoms with Gasteiger partial charge in [-0.05, 0) is 61.1 Å². The van der Waals surface area contributed by atoms with Gasteiger partial charge in [0.2, 0.25) is 0 Å². The number of ether oxygens (including phenoxy) is 1. The molecule has 156 valence electrons. The molecular formula is C25H23N3O3. The maximum Gasteiger partial charge on any atom is 0.337 e. The summed E-state index contributed by atoms with van der Waals surface area (Å²) < 4.78 is 5.32. The second-order valence-corrected chi connectivity index (χ2v) is 8.30. The standard InChI is InChI=1S/C25H23N3O3/c1-3-14-10-15(5-7-20(14)31-2)19-11-18-16(12-27-19)4-6-17-21(24(29)30)23(28-22(17)18)25(13-26)8-9-25/h1,5,7,10-12,28H,4,6,8-9,13,26H2,2H3,(H,29,30). The molecule has 0 spiro atoms. The first kappa shape index (κ1) is 19.4. The molecule has 0 atom stereocenters. The zero-order valence-corrected chi connectivity index (χ0v) is 17.3. The van der Waals surface area contributed by atoms with Gasteiger partial charge in [-0.1, -0.05) is 5.92 Å². The van der Waals surface area contributed by atoms with Crippen molar-refractivity contribution in [2.75, 3.05) is 13.7 Å². The summed E-state index contributed by atoms with van der Waals surface area (Å²) in [6.45, 7) is 0.446. The number of carbonyl (C=O) groups is 1. The lowest BCUT2D eigenvalue weighted by molar-refractivity contribution is 0.0694. The van der Waals surface area contributed by atoms with Crippen LogP contribution in [0.4, 0.5) is 0 Å². The number of fused-ring (bicyclic) bond motifs is 3. The first-order valence-electron chi connectivity index (χ1n) is 10.3. The maximum atomic E-state index is 12.2. The molecule has 31 heavy (non-hydrogen) atoms. The lowest BCUT2D eigenvalue weighted by Crippen LogP contribution is -2.23. The lowest BCUT2D eigenvalue weighted by Gasteiger charge is -2.18. The molecule has 1 fully saturated rings. The number of aryl methyl sites for hydroxylation is 1. The van der Waals surface area contributed by atoms with Crippen molar-refractivity contribution < 1.29 is 14.6 Å². The summed E-state index contributed by atoms with van der Waals surface area (Å²) in [6.07, 6.45) is 10.8. The number of nitrogens with one attached hydrogen (secondary N) is 1. The molecule has 6 heteroatoms. The third kappa shape index (κ3) is 2.93. The number of pyridine rings is 1. The summed E-state index contributed by atoms with van der Waals surface area (Å²) in [5.74, 6) is 2.40. The predicted molar refractivity (Wildman–Crippen MR) is 118 cm³/mol. The monoisotopic (exact) mass is 413 g/mol. The van der Waals surface area contributed by atoms with Crippen LogP contribution < -0.4 is 10.5 Å². The number of nitrogens with zero attached hydrogens (tertiary/aromatic N) is 1. The van der Waals surface area contributed by atoms with Crippen LogP contribution in [0, 0.1) is 12.3 Å². The number of hydrogen-bond donors (Lipinski definition) is 3. The van der Waals surface area contributed by atoms with Gasteiger partial charge in [0.25, 0.3) is 0 Å². The average molecular weight is 413 g/mol. The van der Waals surface area contributed by atoms with E-state index < -0.39 is 5.97 Å². The van der Waals surface area contributed by atoms with Gasteiger partial charge >= 0.3 is 5.97 Å². The van der Waals surface area contributed by atoms with Crippen LogP contribution >= 0.6 is 0 Å². The molecule has 1 aromatic carbocycles. The number of benzene rings is 1. The molecule has 0 aliphatic heterocycles. The fourth-order valence-electron chi connectivity index (χ4n) is 4.67. The first-order valence-corrected chi connectivity index (χ1v) is 10.3. The Hall–Kier alpha value is -3.56. The van der Waals surface area contributed by atoms with Gasteiger partial charge in [0.1, 0.15) is 5.75 Å². The zero-order chi connectivity index (χ0) is 21.8. The molecule has 6 nitrogen and oxygen atoms in total. The Bertz CT molecular complexity index is 1260. The van der Waals surface area contributed by atoms with Gasteiger partial charge in [0.05, 0.1) is 29.6 Å². The van der Waals surface area contributed by atoms with E-state index in [0.29, 0.717) is 29.8 Å². The highest BCUT2D eigenvalue weighted by Crippen LogP contribution is 2.51. The Morgan fingerprint density at radius 3 is 2.81 bits per heavy atom. The number of hydrogen-bond acceptors (Lipinski definition) is 4. The van der Waals surface area contributed by atoms with Gasteiger partial charge in [0.15, 0.2) is 0 Å². The van der Waals surface area contributed by atoms with Crippen molar-refractivity contribution in [2.24, 2.45) is 5.73 Å². The van der Waals surface area contributed by atoms with Crippen LogP contribution in [-0.2, 0) is 18.3 Å². The van der Waals surface area contributed by atoms with Crippen molar-refractivity contribution in [3.05, 3.63) is 58.4 Å². The van der Waals surface area contributed by atoms with Crippen LogP contribution in [0.2, 0.25) is 0 Å². The van der Waals surface area contributed by atoms with Gasteiger partial charge in [-0.25, -0.2) is 4.79 Å². The molecule has 2 aliphatic carbocycles. The number of nitrogens with two attached hydrogens (primary N) is 1. The molecule has 0 saturated heterocycles. The van der Waals surface area contributed by atoms with Gasteiger partial charge in [-0.15, -0.1) is 6.42 Å². The summed E-state index contributed by atoms with van der Waals surface area (Å²) in [5.41, 5.74) is 13.1. The quantitative estimate of drug-likeness (QED) is 0.556. The Morgan fingerprint density at radius 1 is 1.35 bits per heavy atom. The van der Waals surface area contributed by atoms with E-state index >= 15 is 0 Å². The zero-order valence-electron chi connectivity index (χ0n) is 17.3. The fraction of sp³-hybridized carbons (Fsp3) is 0.280. The molecule has 2 aromatic heterocycles. The molecule has 1 saturated carbocycles. The molecule has 3 aromatic rings. The first-order chi connectivity index (χ1) is 15.0. The van der Waals surface area contributed by atoms with Gasteiger partial charge < -0.3 is 20.6 Å². The number of aromatic amines is 1. The van der Waals surface area contributed by atoms with E-state index in [2.05, 4.69) is 15.9 Å². The van der Waals surface area contributed by atoms with Crippen LogP contribution in [0.25, 0.3) is 22.5 Å². The summed E-state index contributed by atoms with van der Waals surface area (Å²) in [5, 5.41) is 9.98. The normalized spacial score (nSPS) is 15.5. The summed E-state index contributed by atoms with van der Waals surface area (Å²) in [7, 11) is 1.59. The molecular weight excluding hydrogens is 390 g/mol. The van der Waals surface area contributed by atoms with Crippen LogP contribution in [0.5, 0.6) is 5.75 Å². The Kier molecular flexibility index (Phi) is 4.38. The molecule has 5 rings (SSSR count). The highest BCUT2D eigenvalue weighted by atomic mass is 16.5. The van der Waals surface area contributed by atoms with Gasteiger partial charge in [-0.2, -0.15) is 0 Å².